The van der Waals surface area contributed by atoms with Gasteiger partial charge in [0.15, 0.2) is 0 Å². The summed E-state index contributed by atoms with van der Waals surface area (Å²) in [6.45, 7) is 8.14. The van der Waals surface area contributed by atoms with E-state index in [0.717, 1.165) is 23.6 Å². The largest absolute Gasteiger partial charge is 0.489 e. The third-order valence-corrected chi connectivity index (χ3v) is 4.47. The molecule has 0 aliphatic carbocycles. The number of rotatable bonds is 5. The summed E-state index contributed by atoms with van der Waals surface area (Å²) >= 11 is 0. The van der Waals surface area contributed by atoms with Crippen molar-refractivity contribution in [3.63, 3.8) is 0 Å². The van der Waals surface area contributed by atoms with E-state index < -0.39 is 0 Å². The maximum atomic E-state index is 5.85. The van der Waals surface area contributed by atoms with Crippen molar-refractivity contribution in [2.24, 2.45) is 7.05 Å². The van der Waals surface area contributed by atoms with Crippen molar-refractivity contribution in [1.29, 1.82) is 0 Å². The van der Waals surface area contributed by atoms with E-state index in [4.69, 9.17) is 4.74 Å². The summed E-state index contributed by atoms with van der Waals surface area (Å²) in [7, 11) is 1.96. The molecule has 1 aliphatic rings. The standard InChI is InChI=1S/C19H25N3O/c1-14(16-11-15-7-5-6-8-17(15)23-12-16)20-13-19(2,3)18-9-10-22(4)21-18/h5-11,14,20H,12-13H2,1-4H3. The highest BCUT2D eigenvalue weighted by Crippen LogP contribution is 2.27. The van der Waals surface area contributed by atoms with Crippen LogP contribution in [0, 0.1) is 0 Å². The Kier molecular flexibility index (Phi) is 4.26. The molecule has 4 nitrogen and oxygen atoms in total. The number of nitrogens with zero attached hydrogens (tertiary/aromatic N) is 2. The first-order valence-electron chi connectivity index (χ1n) is 8.11. The average Bonchev–Trinajstić information content (AvgIpc) is 2.99. The molecule has 4 heteroatoms. The average molecular weight is 311 g/mol. The molecule has 1 unspecified atom stereocenters. The molecule has 2 aromatic rings. The number of hydrogen-bond acceptors (Lipinski definition) is 3. The van der Waals surface area contributed by atoms with Gasteiger partial charge in [0.2, 0.25) is 0 Å². The van der Waals surface area contributed by atoms with E-state index in [0.29, 0.717) is 6.61 Å². The molecule has 2 heterocycles. The van der Waals surface area contributed by atoms with Gasteiger partial charge in [0, 0.05) is 36.8 Å². The molecule has 0 amide bonds. The van der Waals surface area contributed by atoms with E-state index in [2.05, 4.69) is 49.4 Å². The van der Waals surface area contributed by atoms with Gasteiger partial charge in [-0.2, -0.15) is 5.10 Å². The second-order valence-electron chi connectivity index (χ2n) is 6.91. The summed E-state index contributed by atoms with van der Waals surface area (Å²) in [5.41, 5.74) is 3.54. The molecule has 122 valence electrons. The smallest absolute Gasteiger partial charge is 0.127 e. The molecule has 1 aliphatic heterocycles. The lowest BCUT2D eigenvalue weighted by Crippen LogP contribution is -2.40. The van der Waals surface area contributed by atoms with Gasteiger partial charge in [-0.3, -0.25) is 4.68 Å². The predicted molar refractivity (Wildman–Crippen MR) is 93.6 cm³/mol. The second-order valence-corrected chi connectivity index (χ2v) is 6.91. The van der Waals surface area contributed by atoms with Crippen LogP contribution in [0.2, 0.25) is 0 Å². The fourth-order valence-corrected chi connectivity index (χ4v) is 2.79. The van der Waals surface area contributed by atoms with Gasteiger partial charge < -0.3 is 10.1 Å². The zero-order chi connectivity index (χ0) is 16.4. The number of hydrogen-bond donors (Lipinski definition) is 1. The summed E-state index contributed by atoms with van der Waals surface area (Å²) < 4.78 is 7.71. The van der Waals surface area contributed by atoms with E-state index in [1.54, 1.807) is 0 Å². The van der Waals surface area contributed by atoms with Crippen molar-refractivity contribution in [3.05, 3.63) is 53.4 Å². The van der Waals surface area contributed by atoms with Gasteiger partial charge in [-0.15, -0.1) is 0 Å². The molecular weight excluding hydrogens is 286 g/mol. The maximum absolute atomic E-state index is 5.85. The number of nitrogens with one attached hydrogen (secondary N) is 1. The van der Waals surface area contributed by atoms with Crippen LogP contribution in [0.4, 0.5) is 0 Å². The lowest BCUT2D eigenvalue weighted by atomic mass is 9.89. The van der Waals surface area contributed by atoms with Gasteiger partial charge >= 0.3 is 0 Å². The first kappa shape index (κ1) is 15.8. The molecule has 23 heavy (non-hydrogen) atoms. The van der Waals surface area contributed by atoms with E-state index in [-0.39, 0.29) is 11.5 Å². The first-order valence-corrected chi connectivity index (χ1v) is 8.11. The molecule has 1 aromatic carbocycles. The van der Waals surface area contributed by atoms with Crippen molar-refractivity contribution in [1.82, 2.24) is 15.1 Å². The zero-order valence-corrected chi connectivity index (χ0v) is 14.3. The Balaban J connectivity index is 1.66. The van der Waals surface area contributed by atoms with Crippen LogP contribution in [0.5, 0.6) is 5.75 Å². The van der Waals surface area contributed by atoms with E-state index in [1.807, 2.05) is 36.1 Å². The Morgan fingerprint density at radius 1 is 1.30 bits per heavy atom. The molecular formula is C19H25N3O. The minimum absolute atomic E-state index is 0.0104. The molecule has 0 bridgehead atoms. The van der Waals surface area contributed by atoms with Crippen molar-refractivity contribution in [2.75, 3.05) is 13.2 Å². The number of aryl methyl sites for hydroxylation is 1. The third kappa shape index (κ3) is 3.48. The lowest BCUT2D eigenvalue weighted by molar-refractivity contribution is 0.329. The molecule has 0 spiro atoms. The number of fused-ring (bicyclic) bond motifs is 1. The van der Waals surface area contributed by atoms with Gasteiger partial charge in [0.05, 0.1) is 5.69 Å². The monoisotopic (exact) mass is 311 g/mol. The van der Waals surface area contributed by atoms with E-state index in [1.165, 1.54) is 5.57 Å². The van der Waals surface area contributed by atoms with Gasteiger partial charge in [0.1, 0.15) is 12.4 Å². The maximum Gasteiger partial charge on any atom is 0.127 e. The Morgan fingerprint density at radius 2 is 2.09 bits per heavy atom. The van der Waals surface area contributed by atoms with Gasteiger partial charge in [-0.1, -0.05) is 32.0 Å². The van der Waals surface area contributed by atoms with Crippen LogP contribution >= 0.6 is 0 Å². The van der Waals surface area contributed by atoms with Crippen LogP contribution in [-0.2, 0) is 12.5 Å². The van der Waals surface area contributed by atoms with Crippen LogP contribution in [-0.4, -0.2) is 29.0 Å². The number of aromatic nitrogens is 2. The quantitative estimate of drug-likeness (QED) is 0.922. The molecule has 1 N–H and O–H groups in total. The summed E-state index contributed by atoms with van der Waals surface area (Å²) in [5.74, 6) is 0.970. The Bertz CT molecular complexity index is 715. The number of para-hydroxylation sites is 1. The SMILES string of the molecule is CC(NCC(C)(C)c1ccn(C)n1)C1=Cc2ccccc2OC1. The van der Waals surface area contributed by atoms with Crippen LogP contribution in [0.3, 0.4) is 0 Å². The summed E-state index contributed by atoms with van der Waals surface area (Å²) in [6.07, 6.45) is 4.24. The second kappa shape index (κ2) is 6.20. The van der Waals surface area contributed by atoms with Crippen molar-refractivity contribution < 1.29 is 4.74 Å². The van der Waals surface area contributed by atoms with E-state index >= 15 is 0 Å². The fraction of sp³-hybridized carbons (Fsp3) is 0.421. The van der Waals surface area contributed by atoms with Crippen molar-refractivity contribution in [2.45, 2.75) is 32.2 Å². The van der Waals surface area contributed by atoms with Gasteiger partial charge in [-0.25, -0.2) is 0 Å². The molecule has 0 saturated carbocycles. The molecule has 0 radical (unpaired) electrons. The Labute approximate surface area is 138 Å². The van der Waals surface area contributed by atoms with Gasteiger partial charge in [0.25, 0.3) is 0 Å². The fourth-order valence-electron chi connectivity index (χ4n) is 2.79. The number of benzene rings is 1. The normalized spacial score (nSPS) is 15.6. The van der Waals surface area contributed by atoms with Crippen LogP contribution < -0.4 is 10.1 Å². The molecule has 1 aromatic heterocycles. The minimum Gasteiger partial charge on any atom is -0.489 e. The lowest BCUT2D eigenvalue weighted by Gasteiger charge is -2.28. The highest BCUT2D eigenvalue weighted by atomic mass is 16.5. The third-order valence-electron chi connectivity index (χ3n) is 4.47. The zero-order valence-electron chi connectivity index (χ0n) is 14.3. The van der Waals surface area contributed by atoms with Gasteiger partial charge in [-0.05, 0) is 30.7 Å². The van der Waals surface area contributed by atoms with E-state index in [9.17, 15) is 0 Å². The topological polar surface area (TPSA) is 39.1 Å². The summed E-state index contributed by atoms with van der Waals surface area (Å²) in [6, 6.07) is 10.5. The van der Waals surface area contributed by atoms with Crippen LogP contribution in [0.1, 0.15) is 32.0 Å². The van der Waals surface area contributed by atoms with Crippen LogP contribution in [0.15, 0.2) is 42.1 Å². The minimum atomic E-state index is -0.0104. The molecule has 3 rings (SSSR count). The highest BCUT2D eigenvalue weighted by Gasteiger charge is 2.25. The Hall–Kier alpha value is -2.07. The van der Waals surface area contributed by atoms with Crippen molar-refractivity contribution in [3.8, 4) is 5.75 Å². The predicted octanol–water partition coefficient (Wildman–Crippen LogP) is 3.15. The number of ether oxygens (including phenoxy) is 1. The molecule has 0 saturated heterocycles. The molecule has 0 fully saturated rings. The first-order chi connectivity index (χ1) is 11.0. The summed E-state index contributed by atoms with van der Waals surface area (Å²) in [4.78, 5) is 0. The van der Waals surface area contributed by atoms with Crippen LogP contribution in [0.25, 0.3) is 6.08 Å². The molecule has 1 atom stereocenters. The van der Waals surface area contributed by atoms with Crippen molar-refractivity contribution >= 4 is 6.08 Å². The Morgan fingerprint density at radius 3 is 2.83 bits per heavy atom. The highest BCUT2D eigenvalue weighted by molar-refractivity contribution is 5.62. The summed E-state index contributed by atoms with van der Waals surface area (Å²) in [5, 5.41) is 8.17.